The lowest BCUT2D eigenvalue weighted by molar-refractivity contribution is -0.117. The van der Waals surface area contributed by atoms with Gasteiger partial charge in [0.05, 0.1) is 29.0 Å². The number of hydrogen-bond donors (Lipinski definition) is 3. The molecule has 4 aromatic rings. The van der Waals surface area contributed by atoms with Crippen LogP contribution >= 0.6 is 0 Å². The molecular weight excluding hydrogens is 514 g/mol. The zero-order valence-electron chi connectivity index (χ0n) is 22.2. The number of anilines is 2. The van der Waals surface area contributed by atoms with Gasteiger partial charge in [-0.15, -0.1) is 0 Å². The van der Waals surface area contributed by atoms with E-state index in [4.69, 9.17) is 4.74 Å². The van der Waals surface area contributed by atoms with E-state index in [9.17, 15) is 13.2 Å². The van der Waals surface area contributed by atoms with Crippen molar-refractivity contribution in [2.45, 2.75) is 50.3 Å². The predicted molar refractivity (Wildman–Crippen MR) is 152 cm³/mol. The second-order valence-electron chi connectivity index (χ2n) is 10.1. The van der Waals surface area contributed by atoms with Crippen LogP contribution in [0.25, 0.3) is 10.9 Å². The summed E-state index contributed by atoms with van der Waals surface area (Å²) in [6.45, 7) is 7.41. The monoisotopic (exact) mass is 547 g/mol. The molecule has 3 atom stereocenters. The number of nitrogens with zero attached hydrogens (tertiary/aromatic N) is 2. The van der Waals surface area contributed by atoms with Crippen molar-refractivity contribution in [2.75, 3.05) is 23.3 Å². The number of nitrogens with one attached hydrogen (secondary N) is 3. The number of aryl methyl sites for hydroxylation is 1. The van der Waals surface area contributed by atoms with Crippen LogP contribution in [0.2, 0.25) is 0 Å². The van der Waals surface area contributed by atoms with Crippen molar-refractivity contribution in [3.8, 4) is 0 Å². The first kappa shape index (κ1) is 26.9. The Morgan fingerprint density at radius 2 is 1.79 bits per heavy atom. The fourth-order valence-corrected chi connectivity index (χ4v) is 6.12. The molecule has 9 nitrogen and oxygen atoms in total. The molecule has 0 saturated carbocycles. The third-order valence-electron chi connectivity index (χ3n) is 6.80. The summed E-state index contributed by atoms with van der Waals surface area (Å²) in [5.74, 6) is 0.324. The maximum atomic E-state index is 13.5. The number of rotatable bonds is 8. The lowest BCUT2D eigenvalue weighted by atomic mass is 10.0. The molecule has 1 amide bonds. The van der Waals surface area contributed by atoms with Crippen LogP contribution in [0, 0.1) is 6.92 Å². The third kappa shape index (κ3) is 6.30. The van der Waals surface area contributed by atoms with E-state index in [1.807, 2.05) is 57.3 Å². The highest BCUT2D eigenvalue weighted by Gasteiger charge is 2.28. The molecule has 0 spiro atoms. The van der Waals surface area contributed by atoms with E-state index < -0.39 is 22.0 Å². The predicted octanol–water partition coefficient (Wildman–Crippen LogP) is 4.01. The van der Waals surface area contributed by atoms with Crippen LogP contribution in [0.4, 0.5) is 11.5 Å². The number of morpholine rings is 1. The minimum absolute atomic E-state index is 0.0988. The Balaban J connectivity index is 1.37. The summed E-state index contributed by atoms with van der Waals surface area (Å²) >= 11 is 0. The highest BCUT2D eigenvalue weighted by Crippen LogP contribution is 2.22. The van der Waals surface area contributed by atoms with E-state index in [-0.39, 0.29) is 23.5 Å². The number of fused-ring (bicyclic) bond motifs is 1. The van der Waals surface area contributed by atoms with Gasteiger partial charge in [0.1, 0.15) is 11.9 Å². The maximum Gasteiger partial charge on any atom is 0.242 e. The number of hydrogen-bond acceptors (Lipinski definition) is 6. The summed E-state index contributed by atoms with van der Waals surface area (Å²) in [6.07, 6.45) is 3.76. The van der Waals surface area contributed by atoms with Gasteiger partial charge in [-0.3, -0.25) is 4.79 Å². The first-order valence-corrected chi connectivity index (χ1v) is 14.5. The van der Waals surface area contributed by atoms with Crippen LogP contribution in [0.1, 0.15) is 25.0 Å². The van der Waals surface area contributed by atoms with Crippen molar-refractivity contribution in [1.82, 2.24) is 14.7 Å². The largest absolute Gasteiger partial charge is 0.372 e. The number of aromatic amines is 1. The van der Waals surface area contributed by atoms with Crippen LogP contribution in [-0.4, -0.2) is 55.6 Å². The highest BCUT2D eigenvalue weighted by atomic mass is 32.2. The van der Waals surface area contributed by atoms with Crippen molar-refractivity contribution < 1.29 is 17.9 Å². The molecule has 204 valence electrons. The molecule has 0 radical (unpaired) electrons. The summed E-state index contributed by atoms with van der Waals surface area (Å²) in [4.78, 5) is 23.5. The van der Waals surface area contributed by atoms with Crippen molar-refractivity contribution in [2.24, 2.45) is 0 Å². The van der Waals surface area contributed by atoms with Gasteiger partial charge in [-0.25, -0.2) is 13.4 Å². The molecule has 1 fully saturated rings. The van der Waals surface area contributed by atoms with Crippen LogP contribution < -0.4 is 14.9 Å². The van der Waals surface area contributed by atoms with Crippen LogP contribution in [0.3, 0.4) is 0 Å². The number of aromatic nitrogens is 2. The van der Waals surface area contributed by atoms with Crippen molar-refractivity contribution in [1.29, 1.82) is 0 Å². The summed E-state index contributed by atoms with van der Waals surface area (Å²) in [6, 6.07) is 16.8. The zero-order chi connectivity index (χ0) is 27.6. The summed E-state index contributed by atoms with van der Waals surface area (Å²) < 4.78 is 34.9. The molecule has 1 unspecified atom stereocenters. The molecule has 1 saturated heterocycles. The average Bonchev–Trinajstić information content (AvgIpc) is 3.31. The zero-order valence-corrected chi connectivity index (χ0v) is 23.0. The second-order valence-corrected chi connectivity index (χ2v) is 11.8. The average molecular weight is 548 g/mol. The van der Waals surface area contributed by atoms with Gasteiger partial charge in [0.2, 0.25) is 15.9 Å². The van der Waals surface area contributed by atoms with E-state index in [1.165, 1.54) is 12.1 Å². The fraction of sp³-hybridized carbons (Fsp3) is 0.310. The molecule has 3 N–H and O–H groups in total. The number of amides is 1. The van der Waals surface area contributed by atoms with E-state index in [1.54, 1.807) is 24.4 Å². The molecule has 0 bridgehead atoms. The van der Waals surface area contributed by atoms with Crippen LogP contribution in [0.15, 0.2) is 78.0 Å². The van der Waals surface area contributed by atoms with Gasteiger partial charge in [0.25, 0.3) is 0 Å². The first-order chi connectivity index (χ1) is 18.7. The Hall–Kier alpha value is -3.73. The Morgan fingerprint density at radius 3 is 2.49 bits per heavy atom. The summed E-state index contributed by atoms with van der Waals surface area (Å²) in [7, 11) is -3.96. The number of carbonyl (C=O) groups excluding carboxylic acids is 1. The quantitative estimate of drug-likeness (QED) is 0.307. The lowest BCUT2D eigenvalue weighted by Crippen LogP contribution is -2.46. The normalized spacial score (nSPS) is 18.7. The number of H-pyrrole nitrogens is 1. The van der Waals surface area contributed by atoms with E-state index in [0.717, 1.165) is 40.9 Å². The van der Waals surface area contributed by atoms with Gasteiger partial charge >= 0.3 is 0 Å². The molecule has 2 aromatic heterocycles. The number of benzene rings is 2. The standard InChI is InChI=1S/C29H33N5O4S/c1-19-8-11-24(12-9-19)39(36,37)33-27(14-22-15-30-26-7-5-4-6-25(22)26)29(35)32-23-10-13-28(31-16-23)34-17-20(2)38-21(3)18-34/h4-13,15-16,20-21,27,30,33H,14,17-18H2,1-3H3,(H,32,35)/t20-,21+,27?. The van der Waals surface area contributed by atoms with Crippen LogP contribution in [0.5, 0.6) is 0 Å². The minimum atomic E-state index is -3.96. The van der Waals surface area contributed by atoms with Crippen LogP contribution in [-0.2, 0) is 26.0 Å². The molecule has 1 aliphatic rings. The molecule has 3 heterocycles. The fourth-order valence-electron chi connectivity index (χ4n) is 4.92. The van der Waals surface area contributed by atoms with Crippen molar-refractivity contribution in [3.63, 3.8) is 0 Å². The van der Waals surface area contributed by atoms with Gasteiger partial charge in [0, 0.05) is 30.2 Å². The number of para-hydroxylation sites is 1. The molecule has 0 aliphatic carbocycles. The molecular formula is C29H33N5O4S. The Bertz CT molecular complexity index is 1540. The van der Waals surface area contributed by atoms with E-state index in [2.05, 4.69) is 24.9 Å². The smallest absolute Gasteiger partial charge is 0.242 e. The third-order valence-corrected chi connectivity index (χ3v) is 8.29. The maximum absolute atomic E-state index is 13.5. The first-order valence-electron chi connectivity index (χ1n) is 13.0. The van der Waals surface area contributed by atoms with Gasteiger partial charge in [-0.1, -0.05) is 35.9 Å². The molecule has 39 heavy (non-hydrogen) atoms. The molecule has 2 aromatic carbocycles. The number of sulfonamides is 1. The Morgan fingerprint density at radius 1 is 1.08 bits per heavy atom. The number of carbonyl (C=O) groups is 1. The number of ether oxygens (including phenoxy) is 1. The lowest BCUT2D eigenvalue weighted by Gasteiger charge is -2.36. The molecule has 1 aliphatic heterocycles. The van der Waals surface area contributed by atoms with Gasteiger partial charge in [-0.2, -0.15) is 4.72 Å². The Labute approximate surface area is 228 Å². The van der Waals surface area contributed by atoms with E-state index in [0.29, 0.717) is 5.69 Å². The second kappa shape index (κ2) is 11.2. The highest BCUT2D eigenvalue weighted by molar-refractivity contribution is 7.89. The van der Waals surface area contributed by atoms with Gasteiger partial charge in [-0.05, 0) is 63.1 Å². The SMILES string of the molecule is Cc1ccc(S(=O)(=O)NC(Cc2c[nH]c3ccccc23)C(=O)Nc2ccc(N3C[C@@H](C)O[C@@H](C)C3)nc2)cc1. The topological polar surface area (TPSA) is 116 Å². The number of pyridine rings is 1. The van der Waals surface area contributed by atoms with Gasteiger partial charge < -0.3 is 19.9 Å². The van der Waals surface area contributed by atoms with Crippen molar-refractivity contribution in [3.05, 3.63) is 84.2 Å². The molecule has 5 rings (SSSR count). The Kier molecular flexibility index (Phi) is 7.69. The van der Waals surface area contributed by atoms with E-state index >= 15 is 0 Å². The van der Waals surface area contributed by atoms with Crippen molar-refractivity contribution >= 4 is 38.3 Å². The molecule has 10 heteroatoms. The van der Waals surface area contributed by atoms with Gasteiger partial charge in [0.15, 0.2) is 0 Å². The summed E-state index contributed by atoms with van der Waals surface area (Å²) in [5.41, 5.74) is 3.18. The summed E-state index contributed by atoms with van der Waals surface area (Å²) in [5, 5.41) is 3.79. The minimum Gasteiger partial charge on any atom is -0.372 e.